The van der Waals surface area contributed by atoms with Crippen LogP contribution in [0.5, 0.6) is 0 Å². The van der Waals surface area contributed by atoms with Gasteiger partial charge in [-0.3, -0.25) is 24.0 Å². The molecule has 3 atom stereocenters. The summed E-state index contributed by atoms with van der Waals surface area (Å²) in [7, 11) is 1.39. The molecule has 1 aromatic heterocycles. The average molecular weight is 742 g/mol. The summed E-state index contributed by atoms with van der Waals surface area (Å²) in [5, 5.41) is 35.4. The molecule has 0 aliphatic heterocycles. The molecule has 2 rings (SSSR count). The van der Waals surface area contributed by atoms with Crippen LogP contribution in [0.1, 0.15) is 110 Å². The fourth-order valence-electron chi connectivity index (χ4n) is 5.40. The normalized spacial score (nSPS) is 14.5. The van der Waals surface area contributed by atoms with E-state index < -0.39 is 31.5 Å². The lowest BCUT2D eigenvalue weighted by molar-refractivity contribution is -0.870. The number of phosphoric acid groups is 1. The molecule has 0 fully saturated rings. The van der Waals surface area contributed by atoms with E-state index in [0.29, 0.717) is 42.5 Å². The summed E-state index contributed by atoms with van der Waals surface area (Å²) < 4.78 is 28.1. The third kappa shape index (κ3) is 19.5. The van der Waals surface area contributed by atoms with Gasteiger partial charge < -0.3 is 25.1 Å². The van der Waals surface area contributed by atoms with Crippen LogP contribution in [0.4, 0.5) is 11.4 Å². The highest BCUT2D eigenvalue weighted by Crippen LogP contribution is 2.43. The van der Waals surface area contributed by atoms with Gasteiger partial charge in [0.25, 0.3) is 0 Å². The second-order valence-electron chi connectivity index (χ2n) is 14.1. The van der Waals surface area contributed by atoms with E-state index in [4.69, 9.17) is 9.05 Å². The van der Waals surface area contributed by atoms with Gasteiger partial charge in [-0.1, -0.05) is 89.7 Å². The standard InChI is InChI=1S/C35H61N6O9P/c1-5-6-7-8-9-10-11-12-13-14-15-16-18-21-32(42)30(28-49-51(46,47)48-27-26-41(2,3)4)37-33(43)22-19-17-20-25-36-29-23-24-31(40(44)45)35-34(29)38-50-39-35/h18,21,23-24,30,32,42H,5-17,19-20,22,25-28H2,1-4H3,(H2-,36,37,39,43,46,47)/p+1/b21-18+/t30-,32+/m1/s1. The largest absolute Gasteiger partial charge is 0.472 e. The van der Waals surface area contributed by atoms with Crippen LogP contribution in [0.15, 0.2) is 28.9 Å². The number of fused-ring (bicyclic) bond motifs is 1. The molecule has 15 nitrogen and oxygen atoms in total. The zero-order chi connectivity index (χ0) is 37.5. The van der Waals surface area contributed by atoms with Gasteiger partial charge in [-0.05, 0) is 42.1 Å². The van der Waals surface area contributed by atoms with Gasteiger partial charge >= 0.3 is 13.5 Å². The Kier molecular flexibility index (Phi) is 21.1. The molecule has 0 aliphatic rings. The lowest BCUT2D eigenvalue weighted by Crippen LogP contribution is -2.45. The van der Waals surface area contributed by atoms with Crippen LogP contribution in [0.25, 0.3) is 11.0 Å². The smallest absolute Gasteiger partial charge is 0.387 e. The summed E-state index contributed by atoms with van der Waals surface area (Å²) in [6, 6.07) is 1.95. The monoisotopic (exact) mass is 741 g/mol. The fraction of sp³-hybridized carbons (Fsp3) is 0.743. The SMILES string of the molecule is CCCCCCCCCCCCC/C=C/[C@H](O)[C@@H](COP(=O)(O)OCC[N+](C)(C)C)NC(=O)CCCCCNc1ccc([N+](=O)[O-])c2nonc12. The van der Waals surface area contributed by atoms with Crippen molar-refractivity contribution < 1.29 is 42.4 Å². The van der Waals surface area contributed by atoms with Crippen LogP contribution < -0.4 is 10.6 Å². The Labute approximate surface area is 302 Å². The number of nitrogens with zero attached hydrogens (tertiary/aromatic N) is 4. The van der Waals surface area contributed by atoms with Crippen molar-refractivity contribution in [2.75, 3.05) is 52.8 Å². The van der Waals surface area contributed by atoms with Crippen LogP contribution in [-0.4, -0.2) is 95.2 Å². The van der Waals surface area contributed by atoms with Gasteiger partial charge in [0.05, 0.1) is 50.5 Å². The first kappa shape index (κ1) is 44.2. The Morgan fingerprint density at radius 1 is 0.980 bits per heavy atom. The Morgan fingerprint density at radius 3 is 2.25 bits per heavy atom. The van der Waals surface area contributed by atoms with Gasteiger partial charge in [0, 0.05) is 19.0 Å². The Morgan fingerprint density at radius 2 is 1.61 bits per heavy atom. The number of quaternary nitrogens is 1. The molecule has 1 heterocycles. The molecule has 4 N–H and O–H groups in total. The summed E-state index contributed by atoms with van der Waals surface area (Å²) in [6.45, 7) is 2.86. The Balaban J connectivity index is 1.78. The first-order valence-corrected chi connectivity index (χ1v) is 20.0. The van der Waals surface area contributed by atoms with Crippen molar-refractivity contribution in [3.8, 4) is 0 Å². The number of aliphatic hydroxyl groups is 1. The van der Waals surface area contributed by atoms with Crippen molar-refractivity contribution in [2.24, 2.45) is 0 Å². The van der Waals surface area contributed by atoms with E-state index >= 15 is 0 Å². The molecule has 2 aromatic rings. The number of unbranched alkanes of at least 4 members (excludes halogenated alkanes) is 13. The number of carbonyl (C=O) groups excluding carboxylic acids is 1. The lowest BCUT2D eigenvalue weighted by atomic mass is 10.0. The van der Waals surface area contributed by atoms with Crippen molar-refractivity contribution >= 4 is 36.1 Å². The number of non-ortho nitro benzene ring substituents is 1. The molecule has 0 saturated heterocycles. The average Bonchev–Trinajstić information content (AvgIpc) is 3.56. The predicted molar refractivity (Wildman–Crippen MR) is 198 cm³/mol. The minimum Gasteiger partial charge on any atom is -0.387 e. The molecule has 0 spiro atoms. The maximum atomic E-state index is 12.8. The van der Waals surface area contributed by atoms with E-state index in [1.54, 1.807) is 12.1 Å². The molecular weight excluding hydrogens is 679 g/mol. The number of aromatic nitrogens is 2. The molecule has 290 valence electrons. The van der Waals surface area contributed by atoms with E-state index in [1.165, 1.54) is 63.9 Å². The molecule has 1 unspecified atom stereocenters. The van der Waals surface area contributed by atoms with Crippen LogP contribution in [0.3, 0.4) is 0 Å². The second kappa shape index (κ2) is 24.3. The summed E-state index contributed by atoms with van der Waals surface area (Å²) in [6.07, 6.45) is 19.0. The Hall–Kier alpha value is -2.94. The molecular formula is C35H62N6O9P+. The number of nitrogens with one attached hydrogen (secondary N) is 2. The molecule has 0 bridgehead atoms. The molecule has 0 aliphatic carbocycles. The number of allylic oxidation sites excluding steroid dienone is 1. The number of anilines is 1. The number of hydrogen-bond acceptors (Lipinski definition) is 11. The van der Waals surface area contributed by atoms with Crippen LogP contribution in [-0.2, 0) is 18.4 Å². The van der Waals surface area contributed by atoms with E-state index in [-0.39, 0.29) is 35.7 Å². The lowest BCUT2D eigenvalue weighted by Gasteiger charge is -2.25. The highest BCUT2D eigenvalue weighted by atomic mass is 31.2. The van der Waals surface area contributed by atoms with Gasteiger partial charge in [-0.25, -0.2) is 9.19 Å². The van der Waals surface area contributed by atoms with Crippen molar-refractivity contribution in [3.05, 3.63) is 34.4 Å². The summed E-state index contributed by atoms with van der Waals surface area (Å²) >= 11 is 0. The van der Waals surface area contributed by atoms with Crippen LogP contribution >= 0.6 is 7.82 Å². The van der Waals surface area contributed by atoms with Crippen molar-refractivity contribution in [2.45, 2.75) is 122 Å². The maximum absolute atomic E-state index is 12.8. The number of hydrogen-bond donors (Lipinski definition) is 4. The summed E-state index contributed by atoms with van der Waals surface area (Å²) in [5.41, 5.74) is 0.713. The molecule has 0 saturated carbocycles. The van der Waals surface area contributed by atoms with Crippen LogP contribution in [0.2, 0.25) is 0 Å². The third-order valence-corrected chi connectivity index (χ3v) is 9.47. The van der Waals surface area contributed by atoms with E-state index in [0.717, 1.165) is 19.3 Å². The van der Waals surface area contributed by atoms with Crippen molar-refractivity contribution in [1.29, 1.82) is 0 Å². The molecule has 0 radical (unpaired) electrons. The highest BCUT2D eigenvalue weighted by Gasteiger charge is 2.28. The highest BCUT2D eigenvalue weighted by molar-refractivity contribution is 7.47. The summed E-state index contributed by atoms with van der Waals surface area (Å²) in [4.78, 5) is 33.7. The number of benzene rings is 1. The number of phosphoric ester groups is 1. The minimum atomic E-state index is -4.41. The quantitative estimate of drug-likeness (QED) is 0.0159. The fourth-order valence-corrected chi connectivity index (χ4v) is 6.13. The molecule has 51 heavy (non-hydrogen) atoms. The van der Waals surface area contributed by atoms with Gasteiger partial charge in [0.1, 0.15) is 13.2 Å². The predicted octanol–water partition coefficient (Wildman–Crippen LogP) is 7.05. The summed E-state index contributed by atoms with van der Waals surface area (Å²) in [5.74, 6) is -0.321. The number of carbonyl (C=O) groups is 1. The number of rotatable bonds is 30. The first-order chi connectivity index (χ1) is 24.3. The number of likely N-dealkylation sites (N-methyl/N-ethyl adjacent to an activating group) is 1. The maximum Gasteiger partial charge on any atom is 0.472 e. The van der Waals surface area contributed by atoms with Crippen molar-refractivity contribution in [3.63, 3.8) is 0 Å². The van der Waals surface area contributed by atoms with E-state index in [9.17, 15) is 29.5 Å². The van der Waals surface area contributed by atoms with E-state index in [2.05, 4.69) is 32.5 Å². The van der Waals surface area contributed by atoms with Gasteiger partial charge in [-0.15, -0.1) is 0 Å². The number of amides is 1. The molecule has 1 aromatic carbocycles. The third-order valence-electron chi connectivity index (χ3n) is 8.49. The topological polar surface area (TPSA) is 199 Å². The molecule has 1 amide bonds. The van der Waals surface area contributed by atoms with Gasteiger partial charge in [0.15, 0.2) is 5.52 Å². The Bertz CT molecular complexity index is 1370. The van der Waals surface area contributed by atoms with Crippen LogP contribution in [0, 0.1) is 10.1 Å². The molecule has 16 heteroatoms. The van der Waals surface area contributed by atoms with Gasteiger partial charge in [0.2, 0.25) is 11.4 Å². The number of aliphatic hydroxyl groups excluding tert-OH is 1. The first-order valence-electron chi connectivity index (χ1n) is 18.5. The minimum absolute atomic E-state index is 0.00905. The van der Waals surface area contributed by atoms with Crippen molar-refractivity contribution in [1.82, 2.24) is 15.6 Å². The van der Waals surface area contributed by atoms with Gasteiger partial charge in [-0.2, -0.15) is 0 Å². The number of nitro groups is 1. The number of nitro benzene ring substituents is 1. The van der Waals surface area contributed by atoms with E-state index in [1.807, 2.05) is 27.2 Å². The zero-order valence-corrected chi connectivity index (χ0v) is 32.0. The second-order valence-corrected chi connectivity index (χ2v) is 15.6. The zero-order valence-electron chi connectivity index (χ0n) is 31.1.